The third kappa shape index (κ3) is 12.1. The Bertz CT molecular complexity index is 3230. The maximum atomic E-state index is 15.4. The number of carboxylic acid groups (broad SMARTS) is 1. The molecule has 8 N–H and O–H groups in total. The SMILES string of the molecule is CC[C@H]1C(=O)OCc2c1cc1n(c2=O)Cc2c-1nc1cc(F)c(C)c3c1c2C(NC(=O)C1(OCNC(=O)CNC(=O)[C@H](Cc2ccccc2)NC(=O)CNC(=O)CNC(=O)CN2C(=O)C=CC2=O)CC1)CC3.CNCC(=O)O. The van der Waals surface area contributed by atoms with Crippen molar-refractivity contribution in [2.45, 2.75) is 89.1 Å². The van der Waals surface area contributed by atoms with Crippen LogP contribution in [0, 0.1) is 12.7 Å². The van der Waals surface area contributed by atoms with Crippen LogP contribution in [-0.2, 0) is 83.4 Å². The molecule has 3 aliphatic heterocycles. The highest BCUT2D eigenvalue weighted by Gasteiger charge is 2.52. The number of aromatic nitrogens is 2. The standard InChI is InChI=1S/C50H50FN9O12.C3H7NO2/c1-3-27-29-16-36-45-30(21-59(36)47(68)31(29)23-71-48(27)69)44-33(10-9-28-25(2)32(51)17-34(57-45)43(28)44)58-49(70)50(13-14-50)72-24-55-38(62)19-54-46(67)35(15-26-7-5-4-6-8-26)56-39(63)20-52-37(61)18-53-40(64)22-60-41(65)11-12-42(60)66;1-4-2-3(5)6/h4-8,11-12,16-17,27,33,35H,3,9-10,13-15,18-24H2,1-2H3,(H,52,61)(H,53,64)(H,54,67)(H,55,62)(H,56,63)(H,58,70);4H,2H2,1H3,(H,5,6)/t27-,33?,35+;/m1./s1. The minimum Gasteiger partial charge on any atom is -0.480 e. The first-order valence-electron chi connectivity index (χ1n) is 25.2. The van der Waals surface area contributed by atoms with Crippen LogP contribution in [-0.4, -0.2) is 137 Å². The summed E-state index contributed by atoms with van der Waals surface area (Å²) < 4.78 is 28.4. The Morgan fingerprint density at radius 2 is 1.55 bits per heavy atom. The van der Waals surface area contributed by atoms with E-state index in [1.165, 1.54) is 6.07 Å². The maximum Gasteiger partial charge on any atom is 0.317 e. The zero-order valence-corrected chi connectivity index (χ0v) is 42.8. The maximum absolute atomic E-state index is 15.4. The number of cyclic esters (lactones) is 1. The zero-order valence-electron chi connectivity index (χ0n) is 42.8. The molecule has 410 valence electrons. The second kappa shape index (κ2) is 23.7. The van der Waals surface area contributed by atoms with Crippen LogP contribution in [0.1, 0.15) is 83.5 Å². The zero-order chi connectivity index (χ0) is 56.0. The Morgan fingerprint density at radius 3 is 2.22 bits per heavy atom. The van der Waals surface area contributed by atoms with Crippen molar-refractivity contribution in [2.75, 3.05) is 46.5 Å². The van der Waals surface area contributed by atoms with Crippen LogP contribution in [0.5, 0.6) is 0 Å². The Kier molecular flexibility index (Phi) is 16.8. The number of amides is 8. The summed E-state index contributed by atoms with van der Waals surface area (Å²) in [6.07, 6.45) is 4.04. The number of carbonyl (C=O) groups excluding carboxylic acids is 9. The molecule has 2 aliphatic carbocycles. The lowest BCUT2D eigenvalue weighted by Crippen LogP contribution is -2.52. The van der Waals surface area contributed by atoms with Crippen LogP contribution < -0.4 is 42.8 Å². The fraction of sp³-hybridized carbons (Fsp3) is 0.396. The quantitative estimate of drug-likeness (QED) is 0.0275. The highest BCUT2D eigenvalue weighted by atomic mass is 19.1. The topological polar surface area (TPSA) is 332 Å². The molecule has 25 heteroatoms. The Morgan fingerprint density at radius 1 is 0.872 bits per heavy atom. The number of nitrogens with one attached hydrogen (secondary N) is 7. The summed E-state index contributed by atoms with van der Waals surface area (Å²) in [6.45, 7) is 0.951. The van der Waals surface area contributed by atoms with Crippen molar-refractivity contribution in [1.29, 1.82) is 0 Å². The van der Waals surface area contributed by atoms with Gasteiger partial charge in [0.05, 0.1) is 67.2 Å². The fourth-order valence-electron chi connectivity index (χ4n) is 9.83. The van der Waals surface area contributed by atoms with E-state index in [2.05, 4.69) is 37.2 Å². The molecule has 8 amide bonds. The number of carbonyl (C=O) groups is 10. The van der Waals surface area contributed by atoms with E-state index >= 15 is 4.39 Å². The van der Waals surface area contributed by atoms with Crippen LogP contribution in [0.15, 0.2) is 59.4 Å². The number of nitrogens with zero attached hydrogens (tertiary/aromatic N) is 3. The number of aryl methyl sites for hydroxylation is 1. The third-order valence-corrected chi connectivity index (χ3v) is 14.0. The summed E-state index contributed by atoms with van der Waals surface area (Å²) >= 11 is 0. The van der Waals surface area contributed by atoms with Crippen molar-refractivity contribution in [1.82, 2.24) is 51.7 Å². The van der Waals surface area contributed by atoms with Crippen LogP contribution in [0.4, 0.5) is 4.39 Å². The highest BCUT2D eigenvalue weighted by molar-refractivity contribution is 6.14. The van der Waals surface area contributed by atoms with Gasteiger partial charge in [0.2, 0.25) is 29.5 Å². The number of hydrogen-bond donors (Lipinski definition) is 8. The summed E-state index contributed by atoms with van der Waals surface area (Å²) in [5.41, 5.74) is 4.13. The predicted octanol–water partition coefficient (Wildman–Crippen LogP) is -0.559. The Labute approximate surface area is 444 Å². The summed E-state index contributed by atoms with van der Waals surface area (Å²) in [5, 5.41) is 26.4. The van der Waals surface area contributed by atoms with Gasteiger partial charge in [-0.3, -0.25) is 57.6 Å². The molecule has 1 unspecified atom stereocenters. The van der Waals surface area contributed by atoms with E-state index in [0.29, 0.717) is 87.1 Å². The molecular weight excluding hydrogens is 1020 g/mol. The first kappa shape index (κ1) is 55.5. The number of likely N-dealkylation sites (N-methyl/N-ethyl adjacent to an activating group) is 1. The van der Waals surface area contributed by atoms with Crippen LogP contribution in [0.2, 0.25) is 0 Å². The van der Waals surface area contributed by atoms with E-state index in [1.807, 2.05) is 13.0 Å². The van der Waals surface area contributed by atoms with Crippen molar-refractivity contribution in [3.63, 3.8) is 0 Å². The second-order valence-corrected chi connectivity index (χ2v) is 19.2. The Balaban J connectivity index is 0.00000127. The summed E-state index contributed by atoms with van der Waals surface area (Å²) in [7, 11) is 1.59. The van der Waals surface area contributed by atoms with Gasteiger partial charge in [0.15, 0.2) is 0 Å². The molecule has 0 radical (unpaired) electrons. The van der Waals surface area contributed by atoms with Gasteiger partial charge in [-0.1, -0.05) is 37.3 Å². The van der Waals surface area contributed by atoms with E-state index in [0.717, 1.165) is 23.3 Å². The molecule has 1 fully saturated rings. The molecule has 2 aromatic carbocycles. The van der Waals surface area contributed by atoms with Crippen LogP contribution >= 0.6 is 0 Å². The predicted molar refractivity (Wildman–Crippen MR) is 272 cm³/mol. The molecule has 24 nitrogen and oxygen atoms in total. The molecule has 0 bridgehead atoms. The van der Waals surface area contributed by atoms with E-state index in [9.17, 15) is 52.7 Å². The lowest BCUT2D eigenvalue weighted by atomic mass is 9.81. The minimum atomic E-state index is -1.27. The number of benzene rings is 2. The van der Waals surface area contributed by atoms with E-state index in [1.54, 1.807) is 48.9 Å². The molecular formula is C53H57FN10O14. The van der Waals surface area contributed by atoms with Gasteiger partial charge in [-0.05, 0) is 80.0 Å². The number of imide groups is 1. The summed E-state index contributed by atoms with van der Waals surface area (Å²) in [6, 6.07) is 10.1. The number of halogens is 1. The van der Waals surface area contributed by atoms with Crippen molar-refractivity contribution in [3.8, 4) is 11.4 Å². The van der Waals surface area contributed by atoms with Crippen molar-refractivity contribution in [2.24, 2.45) is 0 Å². The van der Waals surface area contributed by atoms with Gasteiger partial charge >= 0.3 is 11.9 Å². The first-order chi connectivity index (χ1) is 37.3. The fourth-order valence-corrected chi connectivity index (χ4v) is 9.83. The molecule has 3 atom stereocenters. The molecule has 78 heavy (non-hydrogen) atoms. The van der Waals surface area contributed by atoms with Crippen molar-refractivity contribution in [3.05, 3.63) is 110 Å². The summed E-state index contributed by atoms with van der Waals surface area (Å²) in [5.74, 6) is -7.70. The monoisotopic (exact) mass is 1080 g/mol. The Hall–Kier alpha value is -8.71. The van der Waals surface area contributed by atoms with Crippen LogP contribution in [0.25, 0.3) is 22.3 Å². The smallest absolute Gasteiger partial charge is 0.317 e. The number of aliphatic carboxylic acids is 1. The van der Waals surface area contributed by atoms with Gasteiger partial charge in [0.25, 0.3) is 23.3 Å². The third-order valence-electron chi connectivity index (χ3n) is 14.0. The van der Waals surface area contributed by atoms with E-state index < -0.39 is 115 Å². The van der Waals surface area contributed by atoms with Gasteiger partial charge in [0, 0.05) is 35.6 Å². The number of fused-ring (bicyclic) bond motifs is 5. The number of ether oxygens (including phenoxy) is 2. The van der Waals surface area contributed by atoms with Gasteiger partial charge in [-0.15, -0.1) is 0 Å². The van der Waals surface area contributed by atoms with Crippen molar-refractivity contribution >= 4 is 70.1 Å². The number of esters is 1. The number of carboxylic acids is 1. The molecule has 5 heterocycles. The molecule has 1 saturated carbocycles. The number of pyridine rings is 2. The van der Waals surface area contributed by atoms with Gasteiger partial charge in [-0.25, -0.2) is 9.37 Å². The van der Waals surface area contributed by atoms with Crippen LogP contribution in [0.3, 0.4) is 0 Å². The lowest BCUT2D eigenvalue weighted by Gasteiger charge is -2.31. The van der Waals surface area contributed by atoms with Gasteiger partial charge in [-0.2, -0.15) is 0 Å². The average Bonchev–Trinajstić information content (AvgIpc) is 4.19. The first-order valence-corrected chi connectivity index (χ1v) is 25.2. The normalized spacial score (nSPS) is 17.3. The molecule has 4 aromatic rings. The summed E-state index contributed by atoms with van der Waals surface area (Å²) in [4.78, 5) is 143. The number of hydrogen-bond acceptors (Lipinski definition) is 15. The average molecular weight is 1080 g/mol. The van der Waals surface area contributed by atoms with E-state index in [4.69, 9.17) is 19.6 Å². The lowest BCUT2D eigenvalue weighted by molar-refractivity contribution is -0.148. The minimum absolute atomic E-state index is 0.0226. The van der Waals surface area contributed by atoms with Gasteiger partial charge in [0.1, 0.15) is 37.3 Å². The van der Waals surface area contributed by atoms with Crippen molar-refractivity contribution < 1.29 is 66.9 Å². The molecule has 9 rings (SSSR count). The number of rotatable bonds is 20. The highest BCUT2D eigenvalue weighted by Crippen LogP contribution is 2.47. The van der Waals surface area contributed by atoms with E-state index in [-0.39, 0.29) is 38.4 Å². The van der Waals surface area contributed by atoms with Gasteiger partial charge < -0.3 is 56.4 Å². The molecule has 0 saturated heterocycles. The molecule has 2 aromatic heterocycles. The molecule has 0 spiro atoms. The molecule has 5 aliphatic rings. The second-order valence-electron chi connectivity index (χ2n) is 19.2. The largest absolute Gasteiger partial charge is 0.480 e.